The number of para-hydroxylation sites is 1. The van der Waals surface area contributed by atoms with Gasteiger partial charge in [-0.2, -0.15) is 0 Å². The smallest absolute Gasteiger partial charge is 0.166 e. The molecule has 0 spiro atoms. The SMILES string of the molecule is Bc1c(B)c(B)c(-c2nc(-c3ccccc3)nc(-c3cc(-c4nc(-c5c(B)c(B)c(B)c(B)c5B)nc(-c5c(B)c(B)c(B)c(B)c5B)n4)ccc3-n3c4ccccc4c4c(-c5ccccc5)cccc43)n2)c(B)c1B. The Bertz CT molecular complexity index is 4080. The molecule has 0 N–H and O–H groups in total. The van der Waals surface area contributed by atoms with E-state index in [4.69, 9.17) is 29.9 Å². The van der Waals surface area contributed by atoms with E-state index in [1.807, 2.05) is 18.2 Å². The first-order valence-electron chi connectivity index (χ1n) is 26.5. The predicted molar refractivity (Wildman–Crippen MR) is 368 cm³/mol. The van der Waals surface area contributed by atoms with Crippen LogP contribution in [0.1, 0.15) is 0 Å². The summed E-state index contributed by atoms with van der Waals surface area (Å²) < 4.78 is 2.39. The van der Waals surface area contributed by atoms with Gasteiger partial charge in [0.1, 0.15) is 118 Å². The van der Waals surface area contributed by atoms with Crippen LogP contribution >= 0.6 is 0 Å². The Kier molecular flexibility index (Phi) is 13.1. The molecule has 3 aromatic heterocycles. The minimum Gasteiger partial charge on any atom is -0.308 e. The fourth-order valence-corrected chi connectivity index (χ4v) is 11.7. The van der Waals surface area contributed by atoms with Crippen molar-refractivity contribution >= 4 is 221 Å². The van der Waals surface area contributed by atoms with E-state index in [0.29, 0.717) is 34.9 Å². The molecule has 11 rings (SSSR count). The van der Waals surface area contributed by atoms with Crippen molar-refractivity contribution in [2.45, 2.75) is 0 Å². The summed E-state index contributed by atoms with van der Waals surface area (Å²) in [5.74, 6) is 3.65. The highest BCUT2D eigenvalue weighted by atomic mass is 15.1. The maximum Gasteiger partial charge on any atom is 0.166 e. The highest BCUT2D eigenvalue weighted by Gasteiger charge is 2.26. The first-order chi connectivity index (χ1) is 36.5. The van der Waals surface area contributed by atoms with Gasteiger partial charge in [0, 0.05) is 44.2 Å². The molecule has 0 aliphatic heterocycles. The van der Waals surface area contributed by atoms with E-state index in [1.54, 1.807) is 0 Å². The average Bonchev–Trinajstić information content (AvgIpc) is 3.86. The summed E-state index contributed by atoms with van der Waals surface area (Å²) in [6.45, 7) is 0. The molecule has 0 saturated heterocycles. The van der Waals surface area contributed by atoms with Crippen molar-refractivity contribution in [1.82, 2.24) is 34.5 Å². The number of fused-ring (bicyclic) bond motifs is 3. The number of hydrogen-bond acceptors (Lipinski definition) is 6. The van der Waals surface area contributed by atoms with Crippen molar-refractivity contribution < 1.29 is 0 Å². The van der Waals surface area contributed by atoms with Crippen LogP contribution in [0.25, 0.3) is 107 Å². The predicted octanol–water partition coefficient (Wildman–Crippen LogP) is -13.3. The van der Waals surface area contributed by atoms with Gasteiger partial charge in [0.25, 0.3) is 0 Å². The average molecular weight is 959 g/mol. The Labute approximate surface area is 459 Å². The molecule has 7 nitrogen and oxygen atoms in total. The van der Waals surface area contributed by atoms with Crippen molar-refractivity contribution in [2.75, 3.05) is 0 Å². The van der Waals surface area contributed by atoms with Crippen LogP contribution in [0.4, 0.5) is 0 Å². The first kappa shape index (κ1) is 50.7. The van der Waals surface area contributed by atoms with Gasteiger partial charge in [0.05, 0.1) is 16.7 Å². The van der Waals surface area contributed by atoms with E-state index >= 15 is 0 Å². The number of benzene rings is 8. The van der Waals surface area contributed by atoms with Crippen LogP contribution in [0.15, 0.2) is 121 Å². The quantitative estimate of drug-likeness (QED) is 0.141. The Hall–Kier alpha value is -7.45. The summed E-state index contributed by atoms with van der Waals surface area (Å²) in [7, 11) is 33.1. The second-order valence-corrected chi connectivity index (χ2v) is 21.1. The summed E-state index contributed by atoms with van der Waals surface area (Å²) in [6.07, 6.45) is 0. The molecular formula is C54H50B15N7. The molecule has 3 heterocycles. The number of hydrogen-bond donors (Lipinski definition) is 0. The molecule has 0 aliphatic rings. The number of aromatic nitrogens is 7. The van der Waals surface area contributed by atoms with Crippen molar-refractivity contribution in [3.05, 3.63) is 121 Å². The van der Waals surface area contributed by atoms with Crippen LogP contribution in [0, 0.1) is 0 Å². The highest BCUT2D eigenvalue weighted by molar-refractivity contribution is 6.71. The van der Waals surface area contributed by atoms with Crippen LogP contribution in [0.5, 0.6) is 0 Å². The summed E-state index contributed by atoms with van der Waals surface area (Å²) in [5.41, 5.74) is 29.3. The monoisotopic (exact) mass is 962 g/mol. The summed E-state index contributed by atoms with van der Waals surface area (Å²) >= 11 is 0. The minimum absolute atomic E-state index is 0.544. The molecule has 0 saturated carbocycles. The van der Waals surface area contributed by atoms with Crippen LogP contribution < -0.4 is 81.9 Å². The van der Waals surface area contributed by atoms with Gasteiger partial charge in [-0.15, -0.1) is 49.2 Å². The first-order valence-corrected chi connectivity index (χ1v) is 26.5. The van der Waals surface area contributed by atoms with Gasteiger partial charge in [0.2, 0.25) is 0 Å². The molecule has 0 unspecified atom stereocenters. The van der Waals surface area contributed by atoms with E-state index < -0.39 is 0 Å². The number of nitrogens with zero attached hydrogens (tertiary/aromatic N) is 7. The fourth-order valence-electron chi connectivity index (χ4n) is 11.7. The topological polar surface area (TPSA) is 82.3 Å². The van der Waals surface area contributed by atoms with Crippen LogP contribution in [0.3, 0.4) is 0 Å². The van der Waals surface area contributed by atoms with Crippen molar-refractivity contribution in [3.63, 3.8) is 0 Å². The molecule has 22 heteroatoms. The molecular weight excluding hydrogens is 909 g/mol. The van der Waals surface area contributed by atoms with Crippen LogP contribution in [-0.4, -0.2) is 152 Å². The molecule has 346 valence electrons. The molecule has 0 aliphatic carbocycles. The third kappa shape index (κ3) is 8.22. The second kappa shape index (κ2) is 19.6. The Morgan fingerprint density at radius 3 is 1.12 bits per heavy atom. The summed E-state index contributed by atoms with van der Waals surface area (Å²) in [4.78, 5) is 33.0. The van der Waals surface area contributed by atoms with Gasteiger partial charge in [-0.25, -0.2) is 29.9 Å². The molecule has 0 fully saturated rings. The van der Waals surface area contributed by atoms with Gasteiger partial charge in [-0.1, -0.05) is 124 Å². The maximum absolute atomic E-state index is 5.61. The molecule has 0 radical (unpaired) electrons. The molecule has 0 atom stereocenters. The van der Waals surface area contributed by atoms with Crippen LogP contribution in [-0.2, 0) is 0 Å². The largest absolute Gasteiger partial charge is 0.308 e. The van der Waals surface area contributed by atoms with E-state index in [1.165, 1.54) is 82.0 Å². The minimum atomic E-state index is 0.544. The second-order valence-electron chi connectivity index (χ2n) is 21.1. The standard InChI is InChI=1S/C54H50B15N7/c55-34-31(35(56)41(62)46(67)40(34)61)52-71-49(22-12-5-2-6-13-22)70-51(74-52)26-20-23(18-19-28(26)76-27-16-8-7-14-25(27)30-24(15-9-17-29(30)76)21-10-3-1-4-11-21)50-72-53(32-36(57)42(63)47(68)43(64)37(32)58)75-54(73-50)33-38(59)44(65)48(69)45(66)39(33)60/h1-20H,55-69H2. The van der Waals surface area contributed by atoms with E-state index in [-0.39, 0.29) is 0 Å². The third-order valence-electron chi connectivity index (χ3n) is 17.5. The maximum atomic E-state index is 5.61. The van der Waals surface area contributed by atoms with Gasteiger partial charge < -0.3 is 4.57 Å². The zero-order chi connectivity index (χ0) is 53.6. The molecule has 8 aromatic carbocycles. The highest BCUT2D eigenvalue weighted by Crippen LogP contribution is 2.41. The molecule has 0 bridgehead atoms. The van der Waals surface area contributed by atoms with E-state index in [9.17, 15) is 0 Å². The van der Waals surface area contributed by atoms with Crippen molar-refractivity contribution in [1.29, 1.82) is 0 Å². The fraction of sp³-hybridized carbons (Fsp3) is 0. The van der Waals surface area contributed by atoms with Gasteiger partial charge in [0.15, 0.2) is 34.9 Å². The van der Waals surface area contributed by atoms with Crippen molar-refractivity contribution in [3.8, 4) is 85.1 Å². The number of rotatable bonds is 8. The summed E-state index contributed by atoms with van der Waals surface area (Å²) in [5, 5.41) is 2.33. The third-order valence-corrected chi connectivity index (χ3v) is 17.5. The zero-order valence-electron chi connectivity index (χ0n) is 46.7. The lowest BCUT2D eigenvalue weighted by Gasteiger charge is -2.22. The zero-order valence-corrected chi connectivity index (χ0v) is 46.7. The Balaban J connectivity index is 1.28. The summed E-state index contributed by atoms with van der Waals surface area (Å²) in [6, 6.07) is 42.9. The molecule has 76 heavy (non-hydrogen) atoms. The lowest BCUT2D eigenvalue weighted by molar-refractivity contribution is 1.06. The van der Waals surface area contributed by atoms with E-state index in [2.05, 4.69) is 225 Å². The van der Waals surface area contributed by atoms with Gasteiger partial charge in [-0.05, 0) is 41.5 Å². The molecule has 0 amide bonds. The van der Waals surface area contributed by atoms with Crippen molar-refractivity contribution in [2.24, 2.45) is 0 Å². The molecule has 11 aromatic rings. The van der Waals surface area contributed by atoms with E-state index in [0.717, 1.165) is 72.0 Å². The lowest BCUT2D eigenvalue weighted by atomic mass is 9.60. The Morgan fingerprint density at radius 1 is 0.263 bits per heavy atom. The van der Waals surface area contributed by atoms with Crippen LogP contribution in [0.2, 0.25) is 0 Å². The lowest BCUT2D eigenvalue weighted by Crippen LogP contribution is -2.55. The normalized spacial score (nSPS) is 11.4. The van der Waals surface area contributed by atoms with Gasteiger partial charge in [-0.3, -0.25) is 0 Å². The Morgan fingerprint density at radius 2 is 0.632 bits per heavy atom. The van der Waals surface area contributed by atoms with Gasteiger partial charge >= 0.3 is 0 Å².